The first-order valence-corrected chi connectivity index (χ1v) is 8.11. The van der Waals surface area contributed by atoms with Gasteiger partial charge >= 0.3 is 0 Å². The van der Waals surface area contributed by atoms with Gasteiger partial charge in [-0.3, -0.25) is 0 Å². The number of hydrogen-bond acceptors (Lipinski definition) is 3. The molecule has 1 atom stereocenters. The molecule has 0 N–H and O–H groups in total. The molecule has 1 aromatic rings. The van der Waals surface area contributed by atoms with Crippen LogP contribution < -0.4 is 0 Å². The summed E-state index contributed by atoms with van der Waals surface area (Å²) in [6.45, 7) is 2.40. The second kappa shape index (κ2) is 6.13. The Morgan fingerprint density at radius 2 is 1.90 bits per heavy atom. The van der Waals surface area contributed by atoms with E-state index >= 15 is 0 Å². The Bertz CT molecular complexity index is 527. The fourth-order valence-corrected chi connectivity index (χ4v) is 3.70. The minimum atomic E-state index is -0.260. The van der Waals surface area contributed by atoms with Crippen LogP contribution in [0.3, 0.4) is 0 Å². The Morgan fingerprint density at radius 1 is 1.14 bits per heavy atom. The standard InChI is InChI=1S/C18H24N2O/c1-20-12-2-4-15(9-13-20)16-5-7-17(8-6-16)18(19-14-21)10-3-11-18/h5-8,15H,2-4,9-13H2,1H3. The van der Waals surface area contributed by atoms with E-state index in [2.05, 4.69) is 41.2 Å². The molecule has 0 aromatic heterocycles. The predicted octanol–water partition coefficient (Wildman–Crippen LogP) is 3.60. The maximum absolute atomic E-state index is 10.7. The lowest BCUT2D eigenvalue weighted by Crippen LogP contribution is -2.31. The lowest BCUT2D eigenvalue weighted by Gasteiger charge is -2.37. The molecule has 2 aliphatic rings. The average Bonchev–Trinajstić information content (AvgIpc) is 2.68. The van der Waals surface area contributed by atoms with Gasteiger partial charge in [-0.05, 0) is 75.7 Å². The number of benzene rings is 1. The van der Waals surface area contributed by atoms with Crippen LogP contribution in [0.2, 0.25) is 0 Å². The molecule has 1 aliphatic carbocycles. The number of likely N-dealkylation sites (tertiary alicyclic amines) is 1. The summed E-state index contributed by atoms with van der Waals surface area (Å²) in [6, 6.07) is 8.88. The summed E-state index contributed by atoms with van der Waals surface area (Å²) >= 11 is 0. The lowest BCUT2D eigenvalue weighted by atomic mass is 9.72. The van der Waals surface area contributed by atoms with E-state index in [0.29, 0.717) is 5.92 Å². The zero-order chi connectivity index (χ0) is 14.7. The first-order chi connectivity index (χ1) is 10.2. The Labute approximate surface area is 127 Å². The first-order valence-electron chi connectivity index (χ1n) is 8.11. The molecular formula is C18H24N2O. The van der Waals surface area contributed by atoms with E-state index < -0.39 is 0 Å². The summed E-state index contributed by atoms with van der Waals surface area (Å²) in [5.74, 6) is 0.677. The third kappa shape index (κ3) is 2.95. The molecular weight excluding hydrogens is 260 g/mol. The van der Waals surface area contributed by atoms with Gasteiger partial charge in [-0.2, -0.15) is 4.99 Å². The Morgan fingerprint density at radius 3 is 2.52 bits per heavy atom. The predicted molar refractivity (Wildman–Crippen MR) is 84.2 cm³/mol. The van der Waals surface area contributed by atoms with E-state index in [-0.39, 0.29) is 5.54 Å². The van der Waals surface area contributed by atoms with Crippen LogP contribution in [0, 0.1) is 0 Å². The van der Waals surface area contributed by atoms with Gasteiger partial charge in [0.05, 0.1) is 5.54 Å². The summed E-state index contributed by atoms with van der Waals surface area (Å²) in [4.78, 5) is 17.2. The lowest BCUT2D eigenvalue weighted by molar-refractivity contribution is 0.256. The van der Waals surface area contributed by atoms with Crippen molar-refractivity contribution in [1.29, 1.82) is 0 Å². The Balaban J connectivity index is 1.76. The highest BCUT2D eigenvalue weighted by molar-refractivity contribution is 5.40. The smallest absolute Gasteiger partial charge is 0.235 e. The van der Waals surface area contributed by atoms with Gasteiger partial charge in [-0.15, -0.1) is 0 Å². The number of nitrogens with zero attached hydrogens (tertiary/aromatic N) is 2. The SMILES string of the molecule is CN1CCCC(c2ccc(C3(N=C=O)CCC3)cc2)CC1. The molecule has 3 rings (SSSR count). The minimum absolute atomic E-state index is 0.260. The fourth-order valence-electron chi connectivity index (χ4n) is 3.70. The van der Waals surface area contributed by atoms with Crippen LogP contribution >= 0.6 is 0 Å². The Kier molecular flexibility index (Phi) is 4.23. The van der Waals surface area contributed by atoms with Crippen molar-refractivity contribution in [3.8, 4) is 0 Å². The van der Waals surface area contributed by atoms with Crippen LogP contribution in [-0.4, -0.2) is 31.1 Å². The van der Waals surface area contributed by atoms with Crippen molar-refractivity contribution in [1.82, 2.24) is 4.90 Å². The quantitative estimate of drug-likeness (QED) is 0.627. The zero-order valence-corrected chi connectivity index (χ0v) is 12.8. The fraction of sp³-hybridized carbons (Fsp3) is 0.611. The van der Waals surface area contributed by atoms with Crippen LogP contribution in [0.1, 0.15) is 55.6 Å². The molecule has 1 aliphatic heterocycles. The van der Waals surface area contributed by atoms with Gasteiger partial charge in [0.25, 0.3) is 0 Å². The van der Waals surface area contributed by atoms with Gasteiger partial charge in [-0.1, -0.05) is 24.3 Å². The van der Waals surface area contributed by atoms with E-state index in [9.17, 15) is 4.79 Å². The number of isocyanates is 1. The molecule has 1 unspecified atom stereocenters. The maximum atomic E-state index is 10.7. The summed E-state index contributed by atoms with van der Waals surface area (Å²) in [7, 11) is 2.21. The zero-order valence-electron chi connectivity index (χ0n) is 12.8. The molecule has 1 aromatic carbocycles. The van der Waals surface area contributed by atoms with E-state index in [0.717, 1.165) is 19.3 Å². The van der Waals surface area contributed by atoms with E-state index in [1.807, 2.05) is 0 Å². The highest BCUT2D eigenvalue weighted by Crippen LogP contribution is 2.45. The van der Waals surface area contributed by atoms with Crippen molar-refractivity contribution >= 4 is 6.08 Å². The van der Waals surface area contributed by atoms with Gasteiger partial charge in [0.15, 0.2) is 0 Å². The molecule has 112 valence electrons. The number of aliphatic imine (C=N–C) groups is 1. The van der Waals surface area contributed by atoms with Crippen molar-refractivity contribution in [3.63, 3.8) is 0 Å². The normalized spacial score (nSPS) is 25.5. The first kappa shape index (κ1) is 14.5. The third-order valence-electron chi connectivity index (χ3n) is 5.31. The number of hydrogen-bond donors (Lipinski definition) is 0. The van der Waals surface area contributed by atoms with E-state index in [1.54, 1.807) is 6.08 Å². The summed E-state index contributed by atoms with van der Waals surface area (Å²) < 4.78 is 0. The van der Waals surface area contributed by atoms with Crippen LogP contribution in [0.5, 0.6) is 0 Å². The molecule has 1 heterocycles. The third-order valence-corrected chi connectivity index (χ3v) is 5.31. The molecule has 1 saturated carbocycles. The van der Waals surface area contributed by atoms with Crippen LogP contribution in [0.25, 0.3) is 0 Å². The molecule has 2 fully saturated rings. The van der Waals surface area contributed by atoms with Crippen LogP contribution in [0.4, 0.5) is 0 Å². The monoisotopic (exact) mass is 284 g/mol. The molecule has 0 radical (unpaired) electrons. The summed E-state index contributed by atoms with van der Waals surface area (Å²) in [6.07, 6.45) is 8.69. The van der Waals surface area contributed by atoms with Crippen molar-refractivity contribution in [2.45, 2.75) is 50.0 Å². The molecule has 0 amide bonds. The van der Waals surface area contributed by atoms with Gasteiger partial charge in [-0.25, -0.2) is 4.79 Å². The number of carbonyl (C=O) groups excluding carboxylic acids is 1. The van der Waals surface area contributed by atoms with Crippen molar-refractivity contribution in [2.75, 3.05) is 20.1 Å². The van der Waals surface area contributed by atoms with Gasteiger partial charge in [0.1, 0.15) is 0 Å². The maximum Gasteiger partial charge on any atom is 0.235 e. The van der Waals surface area contributed by atoms with Crippen LogP contribution in [0.15, 0.2) is 29.3 Å². The summed E-state index contributed by atoms with van der Waals surface area (Å²) in [5, 5.41) is 0. The summed E-state index contributed by atoms with van der Waals surface area (Å²) in [5.41, 5.74) is 2.37. The molecule has 3 nitrogen and oxygen atoms in total. The average molecular weight is 284 g/mol. The molecule has 3 heteroatoms. The van der Waals surface area contributed by atoms with Crippen molar-refractivity contribution in [2.24, 2.45) is 4.99 Å². The molecule has 1 saturated heterocycles. The number of rotatable bonds is 3. The topological polar surface area (TPSA) is 32.7 Å². The highest BCUT2D eigenvalue weighted by Gasteiger charge is 2.38. The van der Waals surface area contributed by atoms with E-state index in [1.165, 1.54) is 43.5 Å². The van der Waals surface area contributed by atoms with E-state index in [4.69, 9.17) is 0 Å². The molecule has 0 bridgehead atoms. The largest absolute Gasteiger partial charge is 0.306 e. The second-order valence-electron chi connectivity index (χ2n) is 6.64. The van der Waals surface area contributed by atoms with Crippen LogP contribution in [-0.2, 0) is 10.3 Å². The Hall–Kier alpha value is -1.44. The van der Waals surface area contributed by atoms with Crippen molar-refractivity contribution < 1.29 is 4.79 Å². The van der Waals surface area contributed by atoms with Gasteiger partial charge in [0.2, 0.25) is 6.08 Å². The molecule has 21 heavy (non-hydrogen) atoms. The highest BCUT2D eigenvalue weighted by atomic mass is 16.1. The van der Waals surface area contributed by atoms with Gasteiger partial charge < -0.3 is 4.90 Å². The van der Waals surface area contributed by atoms with Crippen molar-refractivity contribution in [3.05, 3.63) is 35.4 Å². The van der Waals surface area contributed by atoms with Gasteiger partial charge in [0, 0.05) is 0 Å². The molecule has 0 spiro atoms. The second-order valence-corrected chi connectivity index (χ2v) is 6.64. The minimum Gasteiger partial charge on any atom is -0.306 e.